The summed E-state index contributed by atoms with van der Waals surface area (Å²) in [5, 5.41) is 10.8. The molecule has 6 nitrogen and oxygen atoms in total. The van der Waals surface area contributed by atoms with Gasteiger partial charge in [-0.3, -0.25) is 14.9 Å². The number of ether oxygens (including phenoxy) is 2. The Bertz CT molecular complexity index is 514. The third-order valence-corrected chi connectivity index (χ3v) is 2.30. The van der Waals surface area contributed by atoms with Crippen LogP contribution < -0.4 is 9.47 Å². The molecule has 1 aliphatic rings. The molecule has 1 aromatic rings. The van der Waals surface area contributed by atoms with Gasteiger partial charge in [0.05, 0.1) is 11.0 Å². The lowest BCUT2D eigenvalue weighted by Crippen LogP contribution is -2.18. The zero-order chi connectivity index (χ0) is 12.6. The molecule has 1 aromatic carbocycles. The number of ketones is 1. The van der Waals surface area contributed by atoms with Crippen LogP contribution in [0.15, 0.2) is 6.07 Å². The van der Waals surface area contributed by atoms with Gasteiger partial charge >= 0.3 is 0 Å². The van der Waals surface area contributed by atoms with E-state index in [1.54, 1.807) is 0 Å². The van der Waals surface area contributed by atoms with Gasteiger partial charge in [0, 0.05) is 0 Å². The Hall–Kier alpha value is -2.18. The van der Waals surface area contributed by atoms with Crippen LogP contribution in [-0.2, 0) is 0 Å². The molecule has 0 N–H and O–H groups in total. The first-order valence-corrected chi connectivity index (χ1v) is 4.79. The van der Waals surface area contributed by atoms with E-state index in [0.29, 0.717) is 0 Å². The molecule has 0 unspecified atom stereocenters. The molecule has 0 aromatic heterocycles. The fraction of sp³-hybridized carbons (Fsp3) is 0.300. The van der Waals surface area contributed by atoms with E-state index in [9.17, 15) is 19.3 Å². The van der Waals surface area contributed by atoms with Gasteiger partial charge in [0.2, 0.25) is 0 Å². The lowest BCUT2D eigenvalue weighted by atomic mass is 10.1. The summed E-state index contributed by atoms with van der Waals surface area (Å²) in [6, 6.07) is 1.01. The van der Waals surface area contributed by atoms with Gasteiger partial charge < -0.3 is 9.47 Å². The molecule has 0 radical (unpaired) electrons. The third-order valence-electron chi connectivity index (χ3n) is 2.30. The number of fused-ring (bicyclic) bond motifs is 1. The van der Waals surface area contributed by atoms with Gasteiger partial charge in [0.25, 0.3) is 5.69 Å². The minimum absolute atomic E-state index is 0.0505. The number of carbonyl (C=O) groups is 1. The largest absolute Gasteiger partial charge is 0.486 e. The first-order chi connectivity index (χ1) is 8.02. The second kappa shape index (κ2) is 4.00. The summed E-state index contributed by atoms with van der Waals surface area (Å²) >= 11 is 0. The van der Waals surface area contributed by atoms with Crippen molar-refractivity contribution in [2.75, 3.05) is 13.2 Å². The van der Waals surface area contributed by atoms with Crippen LogP contribution in [0.25, 0.3) is 0 Å². The maximum absolute atomic E-state index is 13.9. The molecule has 1 heterocycles. The molecule has 1 aliphatic heterocycles. The van der Waals surface area contributed by atoms with Crippen molar-refractivity contribution in [1.29, 1.82) is 0 Å². The zero-order valence-corrected chi connectivity index (χ0v) is 8.86. The molecule has 7 heteroatoms. The molecule has 0 saturated heterocycles. The second-order valence-electron chi connectivity index (χ2n) is 3.42. The Balaban J connectivity index is 2.72. The Morgan fingerprint density at radius 2 is 2.12 bits per heavy atom. The van der Waals surface area contributed by atoms with E-state index in [1.165, 1.54) is 0 Å². The van der Waals surface area contributed by atoms with E-state index in [1.807, 2.05) is 0 Å². The molecule has 0 saturated carbocycles. The number of benzene rings is 1. The summed E-state index contributed by atoms with van der Waals surface area (Å²) in [6.45, 7) is 1.38. The normalized spacial score (nSPS) is 13.3. The van der Waals surface area contributed by atoms with Gasteiger partial charge in [-0.2, -0.15) is 0 Å². The molecule has 2 rings (SSSR count). The Morgan fingerprint density at radius 3 is 2.71 bits per heavy atom. The predicted molar refractivity (Wildman–Crippen MR) is 54.0 cm³/mol. The summed E-state index contributed by atoms with van der Waals surface area (Å²) in [4.78, 5) is 21.2. The Morgan fingerprint density at radius 1 is 1.47 bits per heavy atom. The monoisotopic (exact) mass is 241 g/mol. The van der Waals surface area contributed by atoms with Crippen molar-refractivity contribution >= 4 is 11.5 Å². The van der Waals surface area contributed by atoms with Gasteiger partial charge in [-0.25, -0.2) is 4.39 Å². The van der Waals surface area contributed by atoms with Crippen LogP contribution in [0.3, 0.4) is 0 Å². The SMILES string of the molecule is CC(=O)c1c([N+](=O)[O-])cc2c(c1F)OCCO2. The van der Waals surface area contributed by atoms with Crippen molar-refractivity contribution < 1.29 is 23.6 Å². The average Bonchev–Trinajstić information content (AvgIpc) is 2.28. The molecular formula is C10H8FNO5. The van der Waals surface area contributed by atoms with Crippen LogP contribution in [-0.4, -0.2) is 23.9 Å². The number of Topliss-reactive ketones (excluding diaryl/α,β-unsaturated/α-hetero) is 1. The molecule has 0 fully saturated rings. The van der Waals surface area contributed by atoms with Gasteiger partial charge in [-0.15, -0.1) is 0 Å². The van der Waals surface area contributed by atoms with E-state index in [-0.39, 0.29) is 24.7 Å². The van der Waals surface area contributed by atoms with E-state index < -0.39 is 27.8 Å². The summed E-state index contributed by atoms with van der Waals surface area (Å²) in [6.07, 6.45) is 0. The number of halogens is 1. The maximum Gasteiger partial charge on any atom is 0.287 e. The summed E-state index contributed by atoms with van der Waals surface area (Å²) < 4.78 is 23.9. The number of nitrogens with zero attached hydrogens (tertiary/aromatic N) is 1. The van der Waals surface area contributed by atoms with E-state index in [2.05, 4.69) is 0 Å². The third kappa shape index (κ3) is 1.79. The van der Waals surface area contributed by atoms with Crippen LogP contribution >= 0.6 is 0 Å². The predicted octanol–water partition coefficient (Wildman–Crippen LogP) is 1.71. The van der Waals surface area contributed by atoms with Crippen molar-refractivity contribution in [1.82, 2.24) is 0 Å². The minimum atomic E-state index is -1.04. The molecule has 0 bridgehead atoms. The highest BCUT2D eigenvalue weighted by molar-refractivity contribution is 5.99. The van der Waals surface area contributed by atoms with Crippen molar-refractivity contribution in [3.63, 3.8) is 0 Å². The summed E-state index contributed by atoms with van der Waals surface area (Å²) in [7, 11) is 0. The molecule has 90 valence electrons. The van der Waals surface area contributed by atoms with Crippen LogP contribution in [0.4, 0.5) is 10.1 Å². The van der Waals surface area contributed by atoms with E-state index >= 15 is 0 Å². The Labute approximate surface area is 95.1 Å². The van der Waals surface area contributed by atoms with Crippen molar-refractivity contribution in [2.24, 2.45) is 0 Å². The quantitative estimate of drug-likeness (QED) is 0.447. The summed E-state index contributed by atoms with van der Waals surface area (Å²) in [5.74, 6) is -2.06. The fourth-order valence-corrected chi connectivity index (χ4v) is 1.61. The molecule has 0 spiro atoms. The van der Waals surface area contributed by atoms with Gasteiger partial charge in [-0.1, -0.05) is 0 Å². The van der Waals surface area contributed by atoms with Crippen LogP contribution in [0.5, 0.6) is 11.5 Å². The number of hydrogen-bond donors (Lipinski definition) is 0. The number of hydrogen-bond acceptors (Lipinski definition) is 5. The number of nitro benzene ring substituents is 1. The molecule has 0 aliphatic carbocycles. The zero-order valence-electron chi connectivity index (χ0n) is 8.86. The van der Waals surface area contributed by atoms with E-state index in [4.69, 9.17) is 9.47 Å². The Kier molecular flexibility index (Phi) is 2.66. The van der Waals surface area contributed by atoms with Gasteiger partial charge in [0.1, 0.15) is 18.8 Å². The highest BCUT2D eigenvalue weighted by atomic mass is 19.1. The fourth-order valence-electron chi connectivity index (χ4n) is 1.61. The number of nitro groups is 1. The van der Waals surface area contributed by atoms with Gasteiger partial charge in [-0.05, 0) is 6.92 Å². The van der Waals surface area contributed by atoms with Crippen molar-refractivity contribution in [3.05, 3.63) is 27.6 Å². The topological polar surface area (TPSA) is 78.7 Å². The van der Waals surface area contributed by atoms with E-state index in [0.717, 1.165) is 13.0 Å². The highest BCUT2D eigenvalue weighted by Crippen LogP contribution is 2.39. The maximum atomic E-state index is 13.9. The first kappa shape index (κ1) is 11.3. The van der Waals surface area contributed by atoms with Crippen LogP contribution in [0.2, 0.25) is 0 Å². The van der Waals surface area contributed by atoms with Crippen LogP contribution in [0.1, 0.15) is 17.3 Å². The van der Waals surface area contributed by atoms with Crippen molar-refractivity contribution in [2.45, 2.75) is 6.92 Å². The highest BCUT2D eigenvalue weighted by Gasteiger charge is 2.30. The molecule has 17 heavy (non-hydrogen) atoms. The molecule has 0 atom stereocenters. The summed E-state index contributed by atoms with van der Waals surface area (Å²) in [5.41, 5.74) is -1.20. The lowest BCUT2D eigenvalue weighted by molar-refractivity contribution is -0.385. The van der Waals surface area contributed by atoms with Gasteiger partial charge in [0.15, 0.2) is 23.1 Å². The van der Waals surface area contributed by atoms with Crippen LogP contribution in [0, 0.1) is 15.9 Å². The number of carbonyl (C=O) groups excluding carboxylic acids is 1. The first-order valence-electron chi connectivity index (χ1n) is 4.79. The number of rotatable bonds is 2. The second-order valence-corrected chi connectivity index (χ2v) is 3.42. The minimum Gasteiger partial charge on any atom is -0.486 e. The smallest absolute Gasteiger partial charge is 0.287 e. The molecular weight excluding hydrogens is 233 g/mol. The average molecular weight is 241 g/mol. The van der Waals surface area contributed by atoms with Crippen molar-refractivity contribution in [3.8, 4) is 11.5 Å². The standard InChI is InChI=1S/C10H8FNO5/c1-5(13)8-6(12(14)15)4-7-10(9(8)11)17-3-2-16-7/h4H,2-3H2,1H3. The lowest BCUT2D eigenvalue weighted by Gasteiger charge is -2.19. The molecule has 0 amide bonds.